The molecule has 2 aromatic carbocycles. The molecule has 0 aliphatic rings. The van der Waals surface area contributed by atoms with Gasteiger partial charge in [0.1, 0.15) is 17.2 Å². The molecule has 0 saturated heterocycles. The van der Waals surface area contributed by atoms with E-state index in [2.05, 4.69) is 0 Å². The maximum Gasteiger partial charge on any atom is 0.137 e. The van der Waals surface area contributed by atoms with Gasteiger partial charge >= 0.3 is 0 Å². The van der Waals surface area contributed by atoms with Crippen molar-refractivity contribution in [1.29, 1.82) is 0 Å². The molecule has 17 heavy (non-hydrogen) atoms. The Morgan fingerprint density at radius 3 is 2.18 bits per heavy atom. The zero-order chi connectivity index (χ0) is 12.4. The van der Waals surface area contributed by atoms with Crippen molar-refractivity contribution in [2.45, 2.75) is 6.42 Å². The lowest BCUT2D eigenvalue weighted by atomic mass is 10.0. The molecule has 0 bridgehead atoms. The molecule has 0 spiro atoms. The molecule has 0 radical (unpaired) electrons. The monoisotopic (exact) mass is 250 g/mol. The fraction of sp³-hybridized carbons (Fsp3) is 0.0769. The second kappa shape index (κ2) is 4.55. The molecule has 0 aromatic heterocycles. The van der Waals surface area contributed by atoms with Gasteiger partial charge in [-0.05, 0) is 29.3 Å². The Morgan fingerprint density at radius 2 is 1.53 bits per heavy atom. The quantitative estimate of drug-likeness (QED) is 0.768. The lowest BCUT2D eigenvalue weighted by molar-refractivity contribution is 0.447. The van der Waals surface area contributed by atoms with Gasteiger partial charge in [0.05, 0.1) is 5.02 Å². The topological polar surface area (TPSA) is 60.7 Å². The van der Waals surface area contributed by atoms with Crippen molar-refractivity contribution in [2.75, 3.05) is 0 Å². The van der Waals surface area contributed by atoms with E-state index in [0.29, 0.717) is 12.0 Å². The minimum absolute atomic E-state index is 0.0000231. The van der Waals surface area contributed by atoms with E-state index in [1.807, 2.05) is 0 Å². The first-order chi connectivity index (χ1) is 8.06. The van der Waals surface area contributed by atoms with E-state index in [9.17, 15) is 10.2 Å². The fourth-order valence-corrected chi connectivity index (χ4v) is 1.75. The van der Waals surface area contributed by atoms with E-state index in [-0.39, 0.29) is 22.3 Å². The molecule has 0 aliphatic heterocycles. The van der Waals surface area contributed by atoms with Crippen LogP contribution in [0.2, 0.25) is 5.02 Å². The molecule has 88 valence electrons. The Bertz CT molecular complexity index is 535. The molecule has 0 fully saturated rings. The molecule has 4 heteroatoms. The standard InChI is InChI=1S/C13H11ClO3/c14-11-6-9(12(16)7-13(11)17)5-8-1-3-10(15)4-2-8/h1-4,6-7,15-17H,5H2. The molecule has 0 amide bonds. The number of benzene rings is 2. The largest absolute Gasteiger partial charge is 0.508 e. The molecular formula is C13H11ClO3. The molecule has 0 unspecified atom stereocenters. The van der Waals surface area contributed by atoms with Crippen molar-refractivity contribution in [1.82, 2.24) is 0 Å². The van der Waals surface area contributed by atoms with Crippen molar-refractivity contribution in [3.05, 3.63) is 52.5 Å². The van der Waals surface area contributed by atoms with Gasteiger partial charge in [0, 0.05) is 12.5 Å². The van der Waals surface area contributed by atoms with Crippen molar-refractivity contribution < 1.29 is 15.3 Å². The van der Waals surface area contributed by atoms with Crippen molar-refractivity contribution in [3.63, 3.8) is 0 Å². The summed E-state index contributed by atoms with van der Waals surface area (Å²) < 4.78 is 0. The predicted molar refractivity (Wildman–Crippen MR) is 65.7 cm³/mol. The first kappa shape index (κ1) is 11.6. The highest BCUT2D eigenvalue weighted by Crippen LogP contribution is 2.32. The maximum absolute atomic E-state index is 9.66. The molecule has 2 rings (SSSR count). The van der Waals surface area contributed by atoms with Gasteiger partial charge in [0.15, 0.2) is 0 Å². The van der Waals surface area contributed by atoms with Crippen molar-refractivity contribution in [2.24, 2.45) is 0 Å². The molecule has 3 N–H and O–H groups in total. The second-order valence-corrected chi connectivity index (χ2v) is 4.18. The summed E-state index contributed by atoms with van der Waals surface area (Å²) in [5.41, 5.74) is 1.55. The summed E-state index contributed by atoms with van der Waals surface area (Å²) in [6.45, 7) is 0. The molecule has 3 nitrogen and oxygen atoms in total. The lowest BCUT2D eigenvalue weighted by Gasteiger charge is -2.07. The Balaban J connectivity index is 2.30. The highest BCUT2D eigenvalue weighted by atomic mass is 35.5. The van der Waals surface area contributed by atoms with Gasteiger partial charge in [-0.1, -0.05) is 23.7 Å². The van der Waals surface area contributed by atoms with Gasteiger partial charge in [-0.3, -0.25) is 0 Å². The zero-order valence-corrected chi connectivity index (χ0v) is 9.65. The van der Waals surface area contributed by atoms with Gasteiger partial charge in [-0.15, -0.1) is 0 Å². The average molecular weight is 251 g/mol. The Hall–Kier alpha value is -1.87. The van der Waals surface area contributed by atoms with Crippen LogP contribution >= 0.6 is 11.6 Å². The fourth-order valence-electron chi connectivity index (χ4n) is 1.57. The van der Waals surface area contributed by atoms with Gasteiger partial charge in [-0.2, -0.15) is 0 Å². The summed E-state index contributed by atoms with van der Waals surface area (Å²) in [5.74, 6) is 0.0558. The number of phenolic OH excluding ortho intramolecular Hbond substituents is 3. The number of hydrogen-bond donors (Lipinski definition) is 3. The molecule has 0 heterocycles. The highest BCUT2D eigenvalue weighted by molar-refractivity contribution is 6.32. The highest BCUT2D eigenvalue weighted by Gasteiger charge is 2.07. The third-order valence-electron chi connectivity index (χ3n) is 2.48. The predicted octanol–water partition coefficient (Wildman–Crippen LogP) is 3.05. The smallest absolute Gasteiger partial charge is 0.137 e. The normalized spacial score (nSPS) is 10.4. The van der Waals surface area contributed by atoms with Crippen LogP contribution in [0.25, 0.3) is 0 Å². The van der Waals surface area contributed by atoms with Crippen molar-refractivity contribution in [3.8, 4) is 17.2 Å². The van der Waals surface area contributed by atoms with Crippen LogP contribution in [0.15, 0.2) is 36.4 Å². The van der Waals surface area contributed by atoms with Crippen molar-refractivity contribution >= 4 is 11.6 Å². The number of phenols is 3. The van der Waals surface area contributed by atoms with Crippen LogP contribution in [0, 0.1) is 0 Å². The summed E-state index contributed by atoms with van der Waals surface area (Å²) in [6, 6.07) is 9.42. The van der Waals surface area contributed by atoms with E-state index < -0.39 is 0 Å². The first-order valence-corrected chi connectivity index (χ1v) is 5.42. The summed E-state index contributed by atoms with van der Waals surface area (Å²) in [4.78, 5) is 0. The summed E-state index contributed by atoms with van der Waals surface area (Å²) >= 11 is 5.78. The number of hydrogen-bond acceptors (Lipinski definition) is 3. The van der Waals surface area contributed by atoms with E-state index >= 15 is 0 Å². The van der Waals surface area contributed by atoms with Gasteiger partial charge < -0.3 is 15.3 Å². The minimum atomic E-state index is -0.140. The lowest BCUT2D eigenvalue weighted by Crippen LogP contribution is -1.89. The third kappa shape index (κ3) is 2.63. The molecule has 0 atom stereocenters. The second-order valence-electron chi connectivity index (χ2n) is 3.78. The number of halogens is 1. The van der Waals surface area contributed by atoms with Crippen LogP contribution in [0.4, 0.5) is 0 Å². The van der Waals surface area contributed by atoms with E-state index in [1.165, 1.54) is 12.1 Å². The van der Waals surface area contributed by atoms with Crippen LogP contribution in [0.1, 0.15) is 11.1 Å². The summed E-state index contributed by atoms with van der Waals surface area (Å²) in [5, 5.41) is 28.3. The summed E-state index contributed by atoms with van der Waals surface area (Å²) in [6.07, 6.45) is 0.478. The minimum Gasteiger partial charge on any atom is -0.508 e. The Labute approximate surface area is 104 Å². The van der Waals surface area contributed by atoms with Crippen LogP contribution in [-0.4, -0.2) is 15.3 Å². The third-order valence-corrected chi connectivity index (χ3v) is 2.78. The maximum atomic E-state index is 9.66. The Morgan fingerprint density at radius 1 is 0.882 bits per heavy atom. The molecule has 0 aliphatic carbocycles. The number of aromatic hydroxyl groups is 3. The van der Waals surface area contributed by atoms with Gasteiger partial charge in [0.2, 0.25) is 0 Å². The van der Waals surface area contributed by atoms with Gasteiger partial charge in [0.25, 0.3) is 0 Å². The average Bonchev–Trinajstić information content (AvgIpc) is 2.29. The van der Waals surface area contributed by atoms with E-state index in [4.69, 9.17) is 16.7 Å². The van der Waals surface area contributed by atoms with E-state index in [1.54, 1.807) is 24.3 Å². The molecule has 0 saturated carbocycles. The number of rotatable bonds is 2. The first-order valence-electron chi connectivity index (χ1n) is 5.04. The van der Waals surface area contributed by atoms with Crippen LogP contribution in [-0.2, 0) is 6.42 Å². The van der Waals surface area contributed by atoms with Crippen LogP contribution in [0.3, 0.4) is 0 Å². The van der Waals surface area contributed by atoms with Gasteiger partial charge in [-0.25, -0.2) is 0 Å². The molecule has 2 aromatic rings. The summed E-state index contributed by atoms with van der Waals surface area (Å²) in [7, 11) is 0. The van der Waals surface area contributed by atoms with Crippen LogP contribution in [0.5, 0.6) is 17.2 Å². The van der Waals surface area contributed by atoms with Crippen LogP contribution < -0.4 is 0 Å². The SMILES string of the molecule is Oc1ccc(Cc2cc(Cl)c(O)cc2O)cc1. The molecular weight excluding hydrogens is 240 g/mol. The Kier molecular flexibility index (Phi) is 3.11. The zero-order valence-electron chi connectivity index (χ0n) is 8.89. The van der Waals surface area contributed by atoms with E-state index in [0.717, 1.165) is 5.56 Å².